The number of nitrogens with one attached hydrogen (secondary N) is 1. The molecule has 0 spiro atoms. The van der Waals surface area contributed by atoms with Gasteiger partial charge in [-0.2, -0.15) is 0 Å². The van der Waals surface area contributed by atoms with E-state index in [1.165, 1.54) is 17.0 Å². The molecule has 2 heterocycles. The Morgan fingerprint density at radius 3 is 2.59 bits per heavy atom. The average molecular weight is 249 g/mol. The van der Waals surface area contributed by atoms with E-state index >= 15 is 0 Å². The number of rotatable bonds is 4. The van der Waals surface area contributed by atoms with Gasteiger partial charge in [0.15, 0.2) is 0 Å². The summed E-state index contributed by atoms with van der Waals surface area (Å²) in [6.45, 7) is 8.10. The van der Waals surface area contributed by atoms with E-state index in [0.29, 0.717) is 0 Å². The second-order valence-corrected chi connectivity index (χ2v) is 5.38. The van der Waals surface area contributed by atoms with E-state index in [4.69, 9.17) is 0 Å². The first-order valence-electron chi connectivity index (χ1n) is 5.81. The molecule has 17 heavy (non-hydrogen) atoms. The standard InChI is InChI=1S/C13H19N3S/c1-9-8-17-13(15-9)7-14-6-12-5-10(2)16(4)11(12)3/h5,8,14H,6-7H2,1-4H3. The van der Waals surface area contributed by atoms with Crippen molar-refractivity contribution in [3.05, 3.63) is 39.1 Å². The van der Waals surface area contributed by atoms with E-state index in [1.807, 2.05) is 6.92 Å². The van der Waals surface area contributed by atoms with E-state index in [2.05, 4.69) is 47.2 Å². The molecule has 0 aliphatic carbocycles. The number of hydrogen-bond acceptors (Lipinski definition) is 3. The van der Waals surface area contributed by atoms with Gasteiger partial charge < -0.3 is 9.88 Å². The van der Waals surface area contributed by atoms with Crippen molar-refractivity contribution in [1.29, 1.82) is 0 Å². The van der Waals surface area contributed by atoms with Gasteiger partial charge in [-0.3, -0.25) is 0 Å². The topological polar surface area (TPSA) is 29.9 Å². The Balaban J connectivity index is 1.92. The summed E-state index contributed by atoms with van der Waals surface area (Å²) in [4.78, 5) is 4.44. The van der Waals surface area contributed by atoms with Gasteiger partial charge in [0.1, 0.15) is 5.01 Å². The normalized spacial score (nSPS) is 11.1. The fraction of sp³-hybridized carbons (Fsp3) is 0.462. The molecule has 0 saturated carbocycles. The van der Waals surface area contributed by atoms with Gasteiger partial charge in [0, 0.05) is 42.6 Å². The summed E-state index contributed by atoms with van der Waals surface area (Å²) in [5.74, 6) is 0. The molecular weight excluding hydrogens is 230 g/mol. The van der Waals surface area contributed by atoms with Crippen LogP contribution in [0.2, 0.25) is 0 Å². The number of aryl methyl sites for hydroxylation is 2. The monoisotopic (exact) mass is 249 g/mol. The highest BCUT2D eigenvalue weighted by Crippen LogP contribution is 2.13. The predicted octanol–water partition coefficient (Wildman–Crippen LogP) is 2.70. The zero-order valence-corrected chi connectivity index (χ0v) is 11.7. The Morgan fingerprint density at radius 1 is 1.29 bits per heavy atom. The second kappa shape index (κ2) is 5.02. The van der Waals surface area contributed by atoms with Gasteiger partial charge in [-0.1, -0.05) is 0 Å². The number of nitrogens with zero attached hydrogens (tertiary/aromatic N) is 2. The third-order valence-corrected chi connectivity index (χ3v) is 4.10. The fourth-order valence-corrected chi connectivity index (χ4v) is 2.64. The molecule has 0 aromatic carbocycles. The Kier molecular flexibility index (Phi) is 3.64. The zero-order chi connectivity index (χ0) is 12.4. The first-order valence-corrected chi connectivity index (χ1v) is 6.69. The molecule has 0 radical (unpaired) electrons. The molecule has 2 aromatic heterocycles. The van der Waals surface area contributed by atoms with Crippen LogP contribution in [0.15, 0.2) is 11.4 Å². The maximum atomic E-state index is 4.44. The van der Waals surface area contributed by atoms with Crippen LogP contribution in [0.3, 0.4) is 0 Å². The minimum atomic E-state index is 0.853. The first kappa shape index (κ1) is 12.3. The molecule has 0 aliphatic rings. The second-order valence-electron chi connectivity index (χ2n) is 4.44. The molecule has 0 bridgehead atoms. The molecule has 0 fully saturated rings. The fourth-order valence-electron chi connectivity index (χ4n) is 1.90. The molecule has 0 amide bonds. The van der Waals surface area contributed by atoms with Crippen LogP contribution in [-0.4, -0.2) is 9.55 Å². The largest absolute Gasteiger partial charge is 0.352 e. The lowest BCUT2D eigenvalue weighted by Gasteiger charge is -2.03. The Morgan fingerprint density at radius 2 is 2.06 bits per heavy atom. The quantitative estimate of drug-likeness (QED) is 0.903. The number of aromatic nitrogens is 2. The van der Waals surface area contributed by atoms with Crippen molar-refractivity contribution < 1.29 is 0 Å². The molecule has 2 rings (SSSR count). The van der Waals surface area contributed by atoms with Crippen LogP contribution in [-0.2, 0) is 20.1 Å². The van der Waals surface area contributed by atoms with Crippen molar-refractivity contribution in [3.8, 4) is 0 Å². The summed E-state index contributed by atoms with van der Waals surface area (Å²) in [6.07, 6.45) is 0. The van der Waals surface area contributed by atoms with Gasteiger partial charge >= 0.3 is 0 Å². The third kappa shape index (κ3) is 2.76. The summed E-state index contributed by atoms with van der Waals surface area (Å²) in [6, 6.07) is 2.25. The highest BCUT2D eigenvalue weighted by Gasteiger charge is 2.05. The molecular formula is C13H19N3S. The average Bonchev–Trinajstić information content (AvgIpc) is 2.80. The van der Waals surface area contributed by atoms with E-state index in [0.717, 1.165) is 23.8 Å². The van der Waals surface area contributed by atoms with Crippen LogP contribution in [0.1, 0.15) is 27.7 Å². The molecule has 92 valence electrons. The van der Waals surface area contributed by atoms with Crippen LogP contribution in [0.4, 0.5) is 0 Å². The molecule has 1 N–H and O–H groups in total. The van der Waals surface area contributed by atoms with Crippen molar-refractivity contribution in [2.75, 3.05) is 0 Å². The third-order valence-electron chi connectivity index (χ3n) is 3.14. The van der Waals surface area contributed by atoms with Gasteiger partial charge in [-0.25, -0.2) is 4.98 Å². The SMILES string of the molecule is Cc1csc(CNCc2cc(C)n(C)c2C)n1. The highest BCUT2D eigenvalue weighted by atomic mass is 32.1. The molecule has 4 heteroatoms. The smallest absolute Gasteiger partial charge is 0.107 e. The number of hydrogen-bond donors (Lipinski definition) is 1. The maximum Gasteiger partial charge on any atom is 0.107 e. The Hall–Kier alpha value is -1.13. The number of thiazole rings is 1. The van der Waals surface area contributed by atoms with Gasteiger partial charge in [0.2, 0.25) is 0 Å². The molecule has 3 nitrogen and oxygen atoms in total. The van der Waals surface area contributed by atoms with E-state index in [-0.39, 0.29) is 0 Å². The van der Waals surface area contributed by atoms with Crippen molar-refractivity contribution in [3.63, 3.8) is 0 Å². The van der Waals surface area contributed by atoms with Crippen molar-refractivity contribution in [1.82, 2.24) is 14.9 Å². The van der Waals surface area contributed by atoms with Gasteiger partial charge in [-0.05, 0) is 32.4 Å². The minimum absolute atomic E-state index is 0.853. The van der Waals surface area contributed by atoms with Crippen LogP contribution < -0.4 is 5.32 Å². The van der Waals surface area contributed by atoms with Crippen molar-refractivity contribution in [2.45, 2.75) is 33.9 Å². The molecule has 0 unspecified atom stereocenters. The summed E-state index contributed by atoms with van der Waals surface area (Å²) < 4.78 is 2.23. The van der Waals surface area contributed by atoms with E-state index in [1.54, 1.807) is 11.3 Å². The Labute approximate surface area is 107 Å². The van der Waals surface area contributed by atoms with E-state index < -0.39 is 0 Å². The van der Waals surface area contributed by atoms with Crippen LogP contribution in [0, 0.1) is 20.8 Å². The minimum Gasteiger partial charge on any atom is -0.352 e. The molecule has 0 aliphatic heterocycles. The Bertz CT molecular complexity index is 511. The molecule has 0 atom stereocenters. The van der Waals surface area contributed by atoms with Gasteiger partial charge in [-0.15, -0.1) is 11.3 Å². The van der Waals surface area contributed by atoms with Crippen molar-refractivity contribution >= 4 is 11.3 Å². The first-order chi connectivity index (χ1) is 8.08. The summed E-state index contributed by atoms with van der Waals surface area (Å²) in [5.41, 5.74) is 5.13. The summed E-state index contributed by atoms with van der Waals surface area (Å²) >= 11 is 1.72. The van der Waals surface area contributed by atoms with Crippen LogP contribution >= 0.6 is 11.3 Å². The summed E-state index contributed by atoms with van der Waals surface area (Å²) in [5, 5.41) is 6.70. The predicted molar refractivity (Wildman–Crippen MR) is 72.3 cm³/mol. The molecule has 2 aromatic rings. The summed E-state index contributed by atoms with van der Waals surface area (Å²) in [7, 11) is 2.11. The van der Waals surface area contributed by atoms with E-state index in [9.17, 15) is 0 Å². The lowest BCUT2D eigenvalue weighted by Crippen LogP contribution is -2.13. The highest BCUT2D eigenvalue weighted by molar-refractivity contribution is 7.09. The molecule has 0 saturated heterocycles. The van der Waals surface area contributed by atoms with Crippen LogP contribution in [0.5, 0.6) is 0 Å². The zero-order valence-electron chi connectivity index (χ0n) is 10.9. The van der Waals surface area contributed by atoms with Crippen molar-refractivity contribution in [2.24, 2.45) is 7.05 Å². The lowest BCUT2D eigenvalue weighted by molar-refractivity contribution is 0.683. The lowest BCUT2D eigenvalue weighted by atomic mass is 10.2. The maximum absolute atomic E-state index is 4.44. The van der Waals surface area contributed by atoms with Gasteiger partial charge in [0.05, 0.1) is 0 Å². The van der Waals surface area contributed by atoms with Crippen LogP contribution in [0.25, 0.3) is 0 Å². The van der Waals surface area contributed by atoms with Gasteiger partial charge in [0.25, 0.3) is 0 Å².